The first-order valence-electron chi connectivity index (χ1n) is 8.15. The third kappa shape index (κ3) is 5.04. The number of nitrogens with two attached hydrogens (primary N) is 1. The molecule has 6 heteroatoms. The Kier molecular flexibility index (Phi) is 5.81. The van der Waals surface area contributed by atoms with E-state index in [1.165, 1.54) is 25.7 Å². The smallest absolute Gasteiger partial charge is 0.233 e. The van der Waals surface area contributed by atoms with Crippen molar-refractivity contribution in [1.82, 2.24) is 5.32 Å². The molecule has 23 heavy (non-hydrogen) atoms. The molecule has 1 aliphatic rings. The van der Waals surface area contributed by atoms with E-state index < -0.39 is 21.5 Å². The first-order valence-corrected chi connectivity index (χ1v) is 9.80. The highest BCUT2D eigenvalue weighted by molar-refractivity contribution is 7.92. The Hall–Kier alpha value is -1.40. The molecule has 1 aromatic carbocycles. The first kappa shape index (κ1) is 17.9. The summed E-state index contributed by atoms with van der Waals surface area (Å²) in [5.41, 5.74) is 6.02. The van der Waals surface area contributed by atoms with Gasteiger partial charge in [0.15, 0.2) is 9.84 Å². The molecule has 0 aromatic heterocycles. The number of sulfone groups is 1. The molecule has 5 nitrogen and oxygen atoms in total. The number of nitrogens with one attached hydrogen (secondary N) is 1. The Bertz CT molecular complexity index is 640. The molecule has 0 saturated heterocycles. The van der Waals surface area contributed by atoms with Crippen molar-refractivity contribution in [2.75, 3.05) is 5.75 Å². The summed E-state index contributed by atoms with van der Waals surface area (Å²) in [6.07, 6.45) is 4.95. The van der Waals surface area contributed by atoms with Gasteiger partial charge in [-0.3, -0.25) is 4.79 Å². The molecule has 1 fully saturated rings. The quantitative estimate of drug-likeness (QED) is 0.832. The van der Waals surface area contributed by atoms with Gasteiger partial charge in [0.2, 0.25) is 5.91 Å². The lowest BCUT2D eigenvalue weighted by molar-refractivity contribution is -0.115. The molecule has 1 saturated carbocycles. The van der Waals surface area contributed by atoms with Crippen molar-refractivity contribution in [3.8, 4) is 0 Å². The lowest BCUT2D eigenvalue weighted by Gasteiger charge is -2.30. The molecule has 3 unspecified atom stereocenters. The van der Waals surface area contributed by atoms with Crippen molar-refractivity contribution in [3.63, 3.8) is 0 Å². The fourth-order valence-electron chi connectivity index (χ4n) is 3.27. The Morgan fingerprint density at radius 3 is 2.52 bits per heavy atom. The third-order valence-electron chi connectivity index (χ3n) is 4.49. The number of carbonyl (C=O) groups is 1. The SMILES string of the molecule is CC1CCCC(NC(C)c2ccc(S(=O)(=O)CC(N)=O)cc2)C1. The summed E-state index contributed by atoms with van der Waals surface area (Å²) < 4.78 is 23.9. The first-order chi connectivity index (χ1) is 10.8. The molecule has 3 N–H and O–H groups in total. The minimum Gasteiger partial charge on any atom is -0.369 e. The normalized spacial score (nSPS) is 23.4. The van der Waals surface area contributed by atoms with E-state index in [9.17, 15) is 13.2 Å². The van der Waals surface area contributed by atoms with Gasteiger partial charge in [0, 0.05) is 12.1 Å². The summed E-state index contributed by atoms with van der Waals surface area (Å²) in [5.74, 6) is -0.731. The van der Waals surface area contributed by atoms with Crippen LogP contribution in [0.15, 0.2) is 29.2 Å². The minimum atomic E-state index is -3.63. The molecule has 0 bridgehead atoms. The number of hydrogen-bond acceptors (Lipinski definition) is 4. The second-order valence-electron chi connectivity index (χ2n) is 6.65. The number of carbonyl (C=O) groups excluding carboxylic acids is 1. The largest absolute Gasteiger partial charge is 0.369 e. The second-order valence-corrected chi connectivity index (χ2v) is 8.64. The summed E-state index contributed by atoms with van der Waals surface area (Å²) in [7, 11) is -3.63. The van der Waals surface area contributed by atoms with E-state index >= 15 is 0 Å². The highest BCUT2D eigenvalue weighted by Gasteiger charge is 2.21. The molecular weight excluding hydrogens is 312 g/mol. The van der Waals surface area contributed by atoms with Gasteiger partial charge >= 0.3 is 0 Å². The molecule has 1 aliphatic carbocycles. The second kappa shape index (κ2) is 7.45. The fraction of sp³-hybridized carbons (Fsp3) is 0.588. The van der Waals surface area contributed by atoms with Crippen molar-refractivity contribution in [2.24, 2.45) is 11.7 Å². The predicted octanol–water partition coefficient (Wildman–Crippen LogP) is 2.17. The van der Waals surface area contributed by atoms with Gasteiger partial charge in [-0.2, -0.15) is 0 Å². The van der Waals surface area contributed by atoms with Gasteiger partial charge in [-0.1, -0.05) is 31.9 Å². The Morgan fingerprint density at radius 1 is 1.30 bits per heavy atom. The van der Waals surface area contributed by atoms with Crippen LogP contribution in [-0.2, 0) is 14.6 Å². The maximum Gasteiger partial charge on any atom is 0.233 e. The summed E-state index contributed by atoms with van der Waals surface area (Å²) in [6.45, 7) is 4.38. The van der Waals surface area contributed by atoms with E-state index in [1.807, 2.05) is 0 Å². The number of primary amides is 1. The lowest BCUT2D eigenvalue weighted by Crippen LogP contribution is -2.35. The van der Waals surface area contributed by atoms with Gasteiger partial charge in [-0.05, 0) is 43.4 Å². The van der Waals surface area contributed by atoms with Crippen molar-refractivity contribution in [1.29, 1.82) is 0 Å². The minimum absolute atomic E-state index is 0.138. The number of hydrogen-bond donors (Lipinski definition) is 2. The maximum atomic E-state index is 12.0. The topological polar surface area (TPSA) is 89.3 Å². The Morgan fingerprint density at radius 2 is 1.96 bits per heavy atom. The molecule has 0 spiro atoms. The monoisotopic (exact) mass is 338 g/mol. The van der Waals surface area contributed by atoms with Gasteiger partial charge < -0.3 is 11.1 Å². The molecule has 3 atom stereocenters. The third-order valence-corrected chi connectivity index (χ3v) is 6.15. The van der Waals surface area contributed by atoms with Crippen LogP contribution in [0.3, 0.4) is 0 Å². The summed E-state index contributed by atoms with van der Waals surface area (Å²) in [6, 6.07) is 7.39. The summed E-state index contributed by atoms with van der Waals surface area (Å²) in [5, 5.41) is 3.63. The van der Waals surface area contributed by atoms with E-state index in [4.69, 9.17) is 5.73 Å². The number of benzene rings is 1. The van der Waals surface area contributed by atoms with Crippen LogP contribution < -0.4 is 11.1 Å². The zero-order valence-electron chi connectivity index (χ0n) is 13.8. The highest BCUT2D eigenvalue weighted by Crippen LogP contribution is 2.26. The van der Waals surface area contributed by atoms with E-state index in [1.54, 1.807) is 24.3 Å². The van der Waals surface area contributed by atoms with E-state index in [-0.39, 0.29) is 10.9 Å². The van der Waals surface area contributed by atoms with Crippen LogP contribution in [-0.4, -0.2) is 26.1 Å². The average Bonchev–Trinajstić information content (AvgIpc) is 2.46. The van der Waals surface area contributed by atoms with Crippen molar-refractivity contribution in [3.05, 3.63) is 29.8 Å². The van der Waals surface area contributed by atoms with Crippen molar-refractivity contribution >= 4 is 15.7 Å². The van der Waals surface area contributed by atoms with Crippen LogP contribution >= 0.6 is 0 Å². The van der Waals surface area contributed by atoms with Crippen LogP contribution in [0, 0.1) is 5.92 Å². The standard InChI is InChI=1S/C17H26N2O3S/c1-12-4-3-5-15(10-12)19-13(2)14-6-8-16(9-7-14)23(21,22)11-17(18)20/h6-9,12-13,15,19H,3-5,10-11H2,1-2H3,(H2,18,20). The lowest BCUT2D eigenvalue weighted by atomic mass is 9.86. The highest BCUT2D eigenvalue weighted by atomic mass is 32.2. The Labute approximate surface area is 138 Å². The van der Waals surface area contributed by atoms with Gasteiger partial charge in [-0.25, -0.2) is 8.42 Å². The zero-order valence-corrected chi connectivity index (χ0v) is 14.6. The average molecular weight is 338 g/mol. The van der Waals surface area contributed by atoms with E-state index in [2.05, 4.69) is 19.2 Å². The van der Waals surface area contributed by atoms with Crippen LogP contribution in [0.4, 0.5) is 0 Å². The van der Waals surface area contributed by atoms with Gasteiger partial charge in [-0.15, -0.1) is 0 Å². The van der Waals surface area contributed by atoms with E-state index in [0.717, 1.165) is 11.5 Å². The van der Waals surface area contributed by atoms with Gasteiger partial charge in [0.05, 0.1) is 4.90 Å². The molecule has 2 rings (SSSR count). The van der Waals surface area contributed by atoms with Gasteiger partial charge in [0.25, 0.3) is 0 Å². The van der Waals surface area contributed by atoms with Crippen LogP contribution in [0.5, 0.6) is 0 Å². The molecule has 0 heterocycles. The molecule has 0 aliphatic heterocycles. The maximum absolute atomic E-state index is 12.0. The van der Waals surface area contributed by atoms with Crippen LogP contribution in [0.1, 0.15) is 51.1 Å². The molecule has 1 aromatic rings. The summed E-state index contributed by atoms with van der Waals surface area (Å²) in [4.78, 5) is 11.0. The van der Waals surface area contributed by atoms with Crippen molar-refractivity contribution < 1.29 is 13.2 Å². The molecule has 1 amide bonds. The number of amides is 1. The van der Waals surface area contributed by atoms with Crippen LogP contribution in [0.25, 0.3) is 0 Å². The summed E-state index contributed by atoms with van der Waals surface area (Å²) >= 11 is 0. The van der Waals surface area contributed by atoms with Crippen LogP contribution in [0.2, 0.25) is 0 Å². The Balaban J connectivity index is 2.02. The number of rotatable bonds is 6. The van der Waals surface area contributed by atoms with E-state index in [0.29, 0.717) is 6.04 Å². The van der Waals surface area contributed by atoms with Gasteiger partial charge in [0.1, 0.15) is 5.75 Å². The zero-order chi connectivity index (χ0) is 17.0. The molecule has 128 valence electrons. The molecular formula is C17H26N2O3S. The molecule has 0 radical (unpaired) electrons. The van der Waals surface area contributed by atoms with Crippen molar-refractivity contribution in [2.45, 2.75) is 56.5 Å². The fourth-order valence-corrected chi connectivity index (χ4v) is 4.36. The predicted molar refractivity (Wildman–Crippen MR) is 90.7 cm³/mol.